The van der Waals surface area contributed by atoms with Crippen LogP contribution in [0.3, 0.4) is 0 Å². The maximum absolute atomic E-state index is 13.5. The number of nitrogens with zero attached hydrogens (tertiary/aromatic N) is 1. The van der Waals surface area contributed by atoms with Crippen LogP contribution in [0.1, 0.15) is 51.9 Å². The lowest BCUT2D eigenvalue weighted by Gasteiger charge is -2.45. The molecule has 0 amide bonds. The van der Waals surface area contributed by atoms with E-state index in [0.717, 1.165) is 31.4 Å². The molecule has 2 fully saturated rings. The molecule has 0 spiro atoms. The van der Waals surface area contributed by atoms with E-state index in [-0.39, 0.29) is 5.78 Å². The van der Waals surface area contributed by atoms with Crippen molar-refractivity contribution in [2.24, 2.45) is 10.4 Å². The van der Waals surface area contributed by atoms with Gasteiger partial charge in [-0.25, -0.2) is 0 Å². The molecule has 0 unspecified atom stereocenters. The van der Waals surface area contributed by atoms with Gasteiger partial charge in [-0.2, -0.15) is 0 Å². The van der Waals surface area contributed by atoms with E-state index in [1.165, 1.54) is 29.6 Å². The summed E-state index contributed by atoms with van der Waals surface area (Å²) in [6, 6.07) is 1.12. The van der Waals surface area contributed by atoms with Crippen LogP contribution in [0.4, 0.5) is 0 Å². The summed E-state index contributed by atoms with van der Waals surface area (Å²) in [5.41, 5.74) is 4.13. The summed E-state index contributed by atoms with van der Waals surface area (Å²) in [6.07, 6.45) is 15.0. The summed E-state index contributed by atoms with van der Waals surface area (Å²) in [5, 5.41) is 3.76. The van der Waals surface area contributed by atoms with Crippen LogP contribution in [0.15, 0.2) is 52.7 Å². The molecule has 4 aliphatic rings. The van der Waals surface area contributed by atoms with Crippen molar-refractivity contribution in [2.75, 3.05) is 0 Å². The molecule has 0 saturated heterocycles. The molecule has 3 heteroatoms. The predicted molar refractivity (Wildman–Crippen MR) is 98.0 cm³/mol. The molecule has 126 valence electrons. The monoisotopic (exact) mass is 322 g/mol. The zero-order valence-electron chi connectivity index (χ0n) is 14.5. The summed E-state index contributed by atoms with van der Waals surface area (Å²) >= 11 is 0. The second-order valence-electron chi connectivity index (χ2n) is 7.72. The van der Waals surface area contributed by atoms with Crippen LogP contribution in [0.2, 0.25) is 0 Å². The lowest BCUT2D eigenvalue weighted by atomic mass is 9.59. The summed E-state index contributed by atoms with van der Waals surface area (Å²) in [4.78, 5) is 17.8. The molecule has 2 atom stereocenters. The first-order valence-electron chi connectivity index (χ1n) is 9.18. The van der Waals surface area contributed by atoms with Gasteiger partial charge in [-0.1, -0.05) is 30.4 Å². The summed E-state index contributed by atoms with van der Waals surface area (Å²) in [5.74, 6) is 0.243. The van der Waals surface area contributed by atoms with Gasteiger partial charge in [0.05, 0.1) is 11.1 Å². The lowest BCUT2D eigenvalue weighted by molar-refractivity contribution is -0.121. The number of Topliss-reactive ketones (excluding diaryl/α,β-unsaturated/α-hetero) is 1. The number of nitrogens with one attached hydrogen (secondary N) is 1. The second kappa shape index (κ2) is 5.96. The molecule has 3 nitrogen and oxygen atoms in total. The Morgan fingerprint density at radius 1 is 1.38 bits per heavy atom. The van der Waals surface area contributed by atoms with E-state index in [2.05, 4.69) is 29.9 Å². The molecule has 0 bridgehead atoms. The Hall–Kier alpha value is -1.74. The van der Waals surface area contributed by atoms with E-state index in [0.29, 0.717) is 18.5 Å². The van der Waals surface area contributed by atoms with Crippen molar-refractivity contribution >= 4 is 11.5 Å². The summed E-state index contributed by atoms with van der Waals surface area (Å²) in [7, 11) is 0. The Labute approximate surface area is 144 Å². The van der Waals surface area contributed by atoms with Gasteiger partial charge in [0, 0.05) is 24.7 Å². The SMILES string of the molecule is C=CC1=C(C)C=C2CC[C@H](NC3CC3)C[C@@]2(C(=O)C2=NC=CC2)C1. The number of fused-ring (bicyclic) bond motifs is 1. The molecule has 24 heavy (non-hydrogen) atoms. The lowest BCUT2D eigenvalue weighted by Crippen LogP contribution is -2.48. The molecule has 4 rings (SSSR count). The molecular weight excluding hydrogens is 296 g/mol. The number of allylic oxidation sites excluding steroid dienone is 6. The van der Waals surface area contributed by atoms with Crippen molar-refractivity contribution in [1.82, 2.24) is 5.32 Å². The number of ketones is 1. The maximum Gasteiger partial charge on any atom is 0.187 e. The number of hydrogen-bond donors (Lipinski definition) is 1. The van der Waals surface area contributed by atoms with Crippen molar-refractivity contribution in [3.05, 3.63) is 47.7 Å². The first-order valence-corrected chi connectivity index (χ1v) is 9.18. The van der Waals surface area contributed by atoms with Crippen LogP contribution in [0.25, 0.3) is 0 Å². The third kappa shape index (κ3) is 2.65. The van der Waals surface area contributed by atoms with E-state index in [4.69, 9.17) is 0 Å². The quantitative estimate of drug-likeness (QED) is 0.830. The predicted octanol–water partition coefficient (Wildman–Crippen LogP) is 4.04. The zero-order chi connectivity index (χ0) is 16.7. The Balaban J connectivity index is 1.69. The number of hydrogen-bond acceptors (Lipinski definition) is 3. The van der Waals surface area contributed by atoms with Gasteiger partial charge in [0.25, 0.3) is 0 Å². The van der Waals surface area contributed by atoms with Gasteiger partial charge in [-0.3, -0.25) is 9.79 Å². The standard InChI is InChI=1S/C21H26N2O/c1-3-15-12-21(20(24)19-5-4-10-22-19)13-18(23-17-8-9-17)7-6-16(21)11-14(15)2/h3-4,10-11,17-18,23H,1,5-9,12-13H2,2H3/t18-,21-/m0/s1. The first-order chi connectivity index (χ1) is 11.6. The van der Waals surface area contributed by atoms with Gasteiger partial charge in [0.1, 0.15) is 0 Å². The van der Waals surface area contributed by atoms with E-state index in [9.17, 15) is 4.79 Å². The number of carbonyl (C=O) groups is 1. The largest absolute Gasteiger partial charge is 0.311 e. The van der Waals surface area contributed by atoms with Crippen molar-refractivity contribution in [2.45, 2.75) is 64.0 Å². The van der Waals surface area contributed by atoms with Crippen molar-refractivity contribution in [3.63, 3.8) is 0 Å². The minimum atomic E-state index is -0.404. The fourth-order valence-electron chi connectivity index (χ4n) is 4.50. The van der Waals surface area contributed by atoms with E-state index < -0.39 is 5.41 Å². The molecule has 0 aromatic rings. The highest BCUT2D eigenvalue weighted by molar-refractivity contribution is 6.43. The molecule has 2 saturated carbocycles. The average Bonchev–Trinajstić information content (AvgIpc) is 3.23. The van der Waals surface area contributed by atoms with Crippen molar-refractivity contribution in [3.8, 4) is 0 Å². The van der Waals surface area contributed by atoms with Crippen molar-refractivity contribution < 1.29 is 4.79 Å². The van der Waals surface area contributed by atoms with Crippen molar-refractivity contribution in [1.29, 1.82) is 0 Å². The number of carbonyl (C=O) groups excluding carboxylic acids is 1. The highest BCUT2D eigenvalue weighted by atomic mass is 16.1. The van der Waals surface area contributed by atoms with E-state index in [1.54, 1.807) is 6.20 Å². The van der Waals surface area contributed by atoms with Gasteiger partial charge in [0.15, 0.2) is 5.78 Å². The Bertz CT molecular complexity index is 705. The smallest absolute Gasteiger partial charge is 0.187 e. The topological polar surface area (TPSA) is 41.5 Å². The normalized spacial score (nSPS) is 32.3. The van der Waals surface area contributed by atoms with E-state index >= 15 is 0 Å². The van der Waals surface area contributed by atoms with Gasteiger partial charge in [0.2, 0.25) is 0 Å². The molecular formula is C21H26N2O. The van der Waals surface area contributed by atoms with Crippen LogP contribution in [-0.4, -0.2) is 23.6 Å². The fourth-order valence-corrected chi connectivity index (χ4v) is 4.50. The van der Waals surface area contributed by atoms with Crippen LogP contribution in [0, 0.1) is 5.41 Å². The maximum atomic E-state index is 13.5. The fraction of sp³-hybridized carbons (Fsp3) is 0.524. The third-order valence-corrected chi connectivity index (χ3v) is 6.00. The van der Waals surface area contributed by atoms with Crippen LogP contribution in [-0.2, 0) is 4.79 Å². The highest BCUT2D eigenvalue weighted by Gasteiger charge is 2.49. The molecule has 1 aliphatic heterocycles. The number of rotatable bonds is 5. The minimum Gasteiger partial charge on any atom is -0.311 e. The molecule has 0 radical (unpaired) electrons. The second-order valence-corrected chi connectivity index (χ2v) is 7.72. The zero-order valence-corrected chi connectivity index (χ0v) is 14.5. The van der Waals surface area contributed by atoms with Crippen LogP contribution < -0.4 is 5.32 Å². The molecule has 1 N–H and O–H groups in total. The average molecular weight is 322 g/mol. The minimum absolute atomic E-state index is 0.243. The highest BCUT2D eigenvalue weighted by Crippen LogP contribution is 2.50. The summed E-state index contributed by atoms with van der Waals surface area (Å²) in [6.45, 7) is 6.12. The molecule has 1 heterocycles. The Kier molecular flexibility index (Phi) is 3.92. The number of aliphatic imine (C=N–C) groups is 1. The van der Waals surface area contributed by atoms with Crippen LogP contribution >= 0.6 is 0 Å². The van der Waals surface area contributed by atoms with Gasteiger partial charge >= 0.3 is 0 Å². The third-order valence-electron chi connectivity index (χ3n) is 6.00. The van der Waals surface area contributed by atoms with Gasteiger partial charge in [-0.05, 0) is 56.6 Å². The van der Waals surface area contributed by atoms with Gasteiger partial charge < -0.3 is 5.32 Å². The summed E-state index contributed by atoms with van der Waals surface area (Å²) < 4.78 is 0. The van der Waals surface area contributed by atoms with E-state index in [1.807, 2.05) is 12.2 Å². The Morgan fingerprint density at radius 2 is 2.21 bits per heavy atom. The molecule has 0 aromatic heterocycles. The first kappa shape index (κ1) is 15.8. The van der Waals surface area contributed by atoms with Gasteiger partial charge in [-0.15, -0.1) is 0 Å². The Morgan fingerprint density at radius 3 is 2.88 bits per heavy atom. The molecule has 3 aliphatic carbocycles. The van der Waals surface area contributed by atoms with Crippen LogP contribution in [0.5, 0.6) is 0 Å². The molecule has 0 aromatic carbocycles.